The Balaban J connectivity index is 1.69. The molecule has 0 saturated carbocycles. The average Bonchev–Trinajstić information content (AvgIpc) is 2.98. The van der Waals surface area contributed by atoms with Gasteiger partial charge in [-0.3, -0.25) is 10.00 Å². The molecule has 102 valence electrons. The number of aromatic nitrogens is 3. The van der Waals surface area contributed by atoms with E-state index in [0.29, 0.717) is 0 Å². The number of nitrogens with one attached hydrogen (secondary N) is 1. The van der Waals surface area contributed by atoms with Crippen molar-refractivity contribution in [3.05, 3.63) is 28.0 Å². The molecule has 3 rings (SSSR count). The Bertz CT molecular complexity index is 571. The van der Waals surface area contributed by atoms with Crippen LogP contribution in [-0.4, -0.2) is 40.7 Å². The topological polar surface area (TPSA) is 48.1 Å². The van der Waals surface area contributed by atoms with Crippen molar-refractivity contribution in [1.82, 2.24) is 20.1 Å². The van der Waals surface area contributed by atoms with Crippen LogP contribution in [0.4, 0.5) is 5.13 Å². The molecule has 0 radical (unpaired) electrons. The van der Waals surface area contributed by atoms with Crippen molar-refractivity contribution in [3.63, 3.8) is 0 Å². The maximum Gasteiger partial charge on any atom is 0.185 e. The first-order chi connectivity index (χ1) is 9.13. The highest BCUT2D eigenvalue weighted by molar-refractivity contribution is 7.15. The number of aryl methyl sites for hydroxylation is 1. The van der Waals surface area contributed by atoms with E-state index in [-0.39, 0.29) is 0 Å². The first-order valence-corrected chi connectivity index (χ1v) is 7.32. The lowest BCUT2D eigenvalue weighted by atomic mass is 10.1. The van der Waals surface area contributed by atoms with Crippen molar-refractivity contribution >= 4 is 16.5 Å². The fourth-order valence-corrected chi connectivity index (χ4v) is 3.29. The Morgan fingerprint density at radius 1 is 1.47 bits per heavy atom. The molecule has 1 aliphatic heterocycles. The van der Waals surface area contributed by atoms with Gasteiger partial charge in [-0.15, -0.1) is 11.3 Å². The Morgan fingerprint density at radius 2 is 2.32 bits per heavy atom. The van der Waals surface area contributed by atoms with Crippen LogP contribution >= 0.6 is 11.3 Å². The van der Waals surface area contributed by atoms with Gasteiger partial charge in [0.05, 0.1) is 5.69 Å². The van der Waals surface area contributed by atoms with Crippen LogP contribution < -0.4 is 4.90 Å². The summed E-state index contributed by atoms with van der Waals surface area (Å²) < 4.78 is 0. The van der Waals surface area contributed by atoms with E-state index in [1.165, 1.54) is 21.8 Å². The van der Waals surface area contributed by atoms with Crippen molar-refractivity contribution < 1.29 is 0 Å². The fourth-order valence-electron chi connectivity index (χ4n) is 2.42. The molecular weight excluding hydrogens is 258 g/mol. The third kappa shape index (κ3) is 2.50. The van der Waals surface area contributed by atoms with Gasteiger partial charge in [0.2, 0.25) is 0 Å². The van der Waals surface area contributed by atoms with Crippen LogP contribution in [0.25, 0.3) is 0 Å². The molecule has 5 nitrogen and oxygen atoms in total. The number of anilines is 1. The molecule has 6 heteroatoms. The molecule has 3 heterocycles. The highest BCUT2D eigenvalue weighted by Crippen LogP contribution is 2.25. The summed E-state index contributed by atoms with van der Waals surface area (Å²) in [7, 11) is 4.06. The van der Waals surface area contributed by atoms with Crippen molar-refractivity contribution in [2.45, 2.75) is 26.4 Å². The van der Waals surface area contributed by atoms with E-state index in [2.05, 4.69) is 31.9 Å². The van der Waals surface area contributed by atoms with Gasteiger partial charge in [0.15, 0.2) is 5.13 Å². The summed E-state index contributed by atoms with van der Waals surface area (Å²) in [5, 5.41) is 8.52. The van der Waals surface area contributed by atoms with Crippen LogP contribution in [0.3, 0.4) is 0 Å². The van der Waals surface area contributed by atoms with Gasteiger partial charge < -0.3 is 4.90 Å². The molecule has 2 aromatic rings. The Labute approximate surface area is 117 Å². The van der Waals surface area contributed by atoms with Crippen LogP contribution in [0, 0.1) is 6.92 Å². The molecule has 0 aromatic carbocycles. The third-order valence-electron chi connectivity index (χ3n) is 3.51. The largest absolute Gasteiger partial charge is 0.354 e. The lowest BCUT2D eigenvalue weighted by molar-refractivity contribution is 0.246. The number of fused-ring (bicyclic) bond motifs is 1. The summed E-state index contributed by atoms with van der Waals surface area (Å²) in [5.74, 6) is 0. The molecule has 0 bridgehead atoms. The van der Waals surface area contributed by atoms with E-state index in [9.17, 15) is 0 Å². The van der Waals surface area contributed by atoms with Gasteiger partial charge in [0.25, 0.3) is 0 Å². The zero-order valence-corrected chi connectivity index (χ0v) is 12.4. The molecule has 0 saturated heterocycles. The second kappa shape index (κ2) is 4.94. The van der Waals surface area contributed by atoms with Gasteiger partial charge in [0.1, 0.15) is 0 Å². The molecule has 0 spiro atoms. The monoisotopic (exact) mass is 277 g/mol. The predicted molar refractivity (Wildman–Crippen MR) is 77.6 cm³/mol. The van der Waals surface area contributed by atoms with Crippen molar-refractivity contribution in [1.29, 1.82) is 0 Å². The smallest absolute Gasteiger partial charge is 0.185 e. The van der Waals surface area contributed by atoms with E-state index in [0.717, 1.165) is 31.2 Å². The van der Waals surface area contributed by atoms with Gasteiger partial charge in [-0.2, -0.15) is 5.10 Å². The molecule has 0 fully saturated rings. The summed E-state index contributed by atoms with van der Waals surface area (Å²) >= 11 is 1.77. The van der Waals surface area contributed by atoms with Gasteiger partial charge in [0, 0.05) is 62.5 Å². The number of hydrogen-bond acceptors (Lipinski definition) is 5. The summed E-state index contributed by atoms with van der Waals surface area (Å²) in [4.78, 5) is 10.3. The number of nitrogens with zero attached hydrogens (tertiary/aromatic N) is 4. The molecule has 19 heavy (non-hydrogen) atoms. The number of hydrogen-bond donors (Lipinski definition) is 1. The minimum Gasteiger partial charge on any atom is -0.354 e. The molecule has 0 unspecified atom stereocenters. The number of aromatic amines is 1. The number of rotatable bonds is 3. The molecule has 1 N–H and O–H groups in total. The Kier molecular flexibility index (Phi) is 3.28. The minimum atomic E-state index is 0.982. The zero-order chi connectivity index (χ0) is 13.4. The first kappa shape index (κ1) is 12.6. The second-order valence-corrected chi connectivity index (χ2v) is 6.33. The van der Waals surface area contributed by atoms with Crippen LogP contribution in [0.15, 0.2) is 6.20 Å². The fraction of sp³-hybridized carbons (Fsp3) is 0.538. The normalized spacial score (nSPS) is 15.5. The van der Waals surface area contributed by atoms with Crippen molar-refractivity contribution in [2.75, 3.05) is 25.5 Å². The maximum absolute atomic E-state index is 4.43. The van der Waals surface area contributed by atoms with Gasteiger partial charge in [-0.1, -0.05) is 0 Å². The number of thiazole rings is 1. The van der Waals surface area contributed by atoms with Gasteiger partial charge >= 0.3 is 0 Å². The quantitative estimate of drug-likeness (QED) is 0.929. The van der Waals surface area contributed by atoms with Crippen LogP contribution in [0.5, 0.6) is 0 Å². The van der Waals surface area contributed by atoms with E-state index >= 15 is 0 Å². The summed E-state index contributed by atoms with van der Waals surface area (Å²) in [5.41, 5.74) is 3.83. The van der Waals surface area contributed by atoms with Crippen LogP contribution in [0.1, 0.15) is 21.8 Å². The lowest BCUT2D eigenvalue weighted by Crippen LogP contribution is -2.29. The molecule has 0 amide bonds. The van der Waals surface area contributed by atoms with Crippen molar-refractivity contribution in [3.8, 4) is 0 Å². The highest BCUT2D eigenvalue weighted by Gasteiger charge is 2.21. The summed E-state index contributed by atoms with van der Waals surface area (Å²) in [6.45, 7) is 5.15. The van der Waals surface area contributed by atoms with Crippen LogP contribution in [0.2, 0.25) is 0 Å². The molecule has 0 atom stereocenters. The second-order valence-electron chi connectivity index (χ2n) is 5.24. The number of H-pyrrole nitrogens is 1. The maximum atomic E-state index is 4.43. The summed E-state index contributed by atoms with van der Waals surface area (Å²) in [6, 6.07) is 0. The predicted octanol–water partition coefficient (Wildman–Crippen LogP) is 1.80. The standard InChI is InChI=1S/C13H19N5S/c1-9-11-8-18(5-4-12(11)16-15-9)7-10-6-14-13(19-10)17(2)3/h6H,4-5,7-8H2,1-3H3,(H,15,16). The third-order valence-corrected chi connectivity index (χ3v) is 4.66. The summed E-state index contributed by atoms with van der Waals surface area (Å²) in [6.07, 6.45) is 3.04. The van der Waals surface area contributed by atoms with Crippen LogP contribution in [-0.2, 0) is 19.5 Å². The lowest BCUT2D eigenvalue weighted by Gasteiger charge is -2.25. The SMILES string of the molecule is Cc1[nH]nc2c1CN(Cc1cnc(N(C)C)s1)CC2. The molecule has 1 aliphatic rings. The molecule has 0 aliphatic carbocycles. The first-order valence-electron chi connectivity index (χ1n) is 6.50. The Hall–Kier alpha value is -1.40. The zero-order valence-electron chi connectivity index (χ0n) is 11.6. The van der Waals surface area contributed by atoms with Gasteiger partial charge in [-0.05, 0) is 6.92 Å². The van der Waals surface area contributed by atoms with E-state index in [1.807, 2.05) is 20.3 Å². The molecule has 2 aromatic heterocycles. The Morgan fingerprint density at radius 3 is 3.05 bits per heavy atom. The van der Waals surface area contributed by atoms with Gasteiger partial charge in [-0.25, -0.2) is 4.98 Å². The van der Waals surface area contributed by atoms with E-state index < -0.39 is 0 Å². The van der Waals surface area contributed by atoms with E-state index in [4.69, 9.17) is 0 Å². The minimum absolute atomic E-state index is 0.982. The highest BCUT2D eigenvalue weighted by atomic mass is 32.1. The molecular formula is C13H19N5S. The van der Waals surface area contributed by atoms with Crippen molar-refractivity contribution in [2.24, 2.45) is 0 Å². The van der Waals surface area contributed by atoms with E-state index in [1.54, 1.807) is 11.3 Å². The average molecular weight is 277 g/mol.